The molecule has 3 N–H and O–H groups in total. The number of carbonyl (C=O) groups is 1. The fourth-order valence-electron chi connectivity index (χ4n) is 1.51. The summed E-state index contributed by atoms with van der Waals surface area (Å²) in [5.74, 6) is 0.755. The third kappa shape index (κ3) is 4.94. The first kappa shape index (κ1) is 16.7. The summed E-state index contributed by atoms with van der Waals surface area (Å²) in [4.78, 5) is 11.2. The Balaban J connectivity index is 0.00000289. The van der Waals surface area contributed by atoms with Gasteiger partial charge in [0.2, 0.25) is 5.91 Å². The first-order chi connectivity index (χ1) is 8.04. The average Bonchev–Trinajstić information content (AvgIpc) is 2.31. The highest BCUT2D eigenvalue weighted by Crippen LogP contribution is 2.18. The molecule has 1 aromatic carbocycles. The van der Waals surface area contributed by atoms with E-state index in [9.17, 15) is 4.79 Å². The Hall–Kier alpha value is -1.26. The zero-order valence-electron chi connectivity index (χ0n) is 11.0. The van der Waals surface area contributed by atoms with Gasteiger partial charge in [-0.25, -0.2) is 0 Å². The van der Waals surface area contributed by atoms with Crippen molar-refractivity contribution in [3.8, 4) is 5.75 Å². The van der Waals surface area contributed by atoms with Gasteiger partial charge in [-0.15, -0.1) is 12.4 Å². The summed E-state index contributed by atoms with van der Waals surface area (Å²) in [5.41, 5.74) is 7.69. The molecule has 0 saturated heterocycles. The van der Waals surface area contributed by atoms with Gasteiger partial charge in [0.1, 0.15) is 5.75 Å². The van der Waals surface area contributed by atoms with Crippen LogP contribution in [-0.4, -0.2) is 25.6 Å². The largest absolute Gasteiger partial charge is 0.496 e. The Morgan fingerprint density at radius 1 is 1.50 bits per heavy atom. The molecule has 1 atom stereocenters. The maximum atomic E-state index is 11.2. The van der Waals surface area contributed by atoms with Gasteiger partial charge in [-0.2, -0.15) is 0 Å². The Labute approximate surface area is 114 Å². The second kappa shape index (κ2) is 7.95. The lowest BCUT2D eigenvalue weighted by molar-refractivity contribution is -0.121. The number of benzene rings is 1. The van der Waals surface area contributed by atoms with Crippen LogP contribution in [0.2, 0.25) is 0 Å². The van der Waals surface area contributed by atoms with Crippen LogP contribution < -0.4 is 15.8 Å². The van der Waals surface area contributed by atoms with Gasteiger partial charge in [0.25, 0.3) is 0 Å². The van der Waals surface area contributed by atoms with Gasteiger partial charge in [0, 0.05) is 6.54 Å². The number of aryl methyl sites for hydroxylation is 1. The van der Waals surface area contributed by atoms with Crippen LogP contribution in [0.4, 0.5) is 0 Å². The van der Waals surface area contributed by atoms with Crippen molar-refractivity contribution in [3.05, 3.63) is 29.3 Å². The van der Waals surface area contributed by atoms with Gasteiger partial charge in [0.15, 0.2) is 0 Å². The average molecular weight is 273 g/mol. The van der Waals surface area contributed by atoms with E-state index in [1.165, 1.54) is 0 Å². The maximum Gasteiger partial charge on any atom is 0.236 e. The fraction of sp³-hybridized carbons (Fsp3) is 0.462. The molecule has 0 aliphatic carbocycles. The summed E-state index contributed by atoms with van der Waals surface area (Å²) < 4.78 is 5.24. The topological polar surface area (TPSA) is 64.3 Å². The Kier molecular flexibility index (Phi) is 7.39. The summed E-state index contributed by atoms with van der Waals surface area (Å²) in [6.07, 6.45) is 0.773. The molecular weight excluding hydrogens is 252 g/mol. The van der Waals surface area contributed by atoms with E-state index in [4.69, 9.17) is 10.5 Å². The van der Waals surface area contributed by atoms with Gasteiger partial charge < -0.3 is 15.8 Å². The number of hydrogen-bond acceptors (Lipinski definition) is 3. The SMILES string of the molecule is COc1cc(CCNC(=O)[C@H](C)N)ccc1C.Cl. The van der Waals surface area contributed by atoms with Crippen molar-refractivity contribution in [3.63, 3.8) is 0 Å². The van der Waals surface area contributed by atoms with Crippen LogP contribution in [-0.2, 0) is 11.2 Å². The number of hydrogen-bond donors (Lipinski definition) is 2. The number of carbonyl (C=O) groups excluding carboxylic acids is 1. The van der Waals surface area contributed by atoms with Crippen molar-refractivity contribution in [1.29, 1.82) is 0 Å². The third-order valence-electron chi connectivity index (χ3n) is 2.60. The number of amides is 1. The van der Waals surface area contributed by atoms with Gasteiger partial charge >= 0.3 is 0 Å². The minimum atomic E-state index is -0.456. The van der Waals surface area contributed by atoms with Crippen LogP contribution in [0.15, 0.2) is 18.2 Å². The van der Waals surface area contributed by atoms with Crippen LogP contribution in [0.25, 0.3) is 0 Å². The maximum absolute atomic E-state index is 11.2. The first-order valence-electron chi connectivity index (χ1n) is 5.71. The summed E-state index contributed by atoms with van der Waals surface area (Å²) in [5, 5.41) is 2.78. The fourth-order valence-corrected chi connectivity index (χ4v) is 1.51. The molecule has 0 aliphatic rings. The predicted octanol–water partition coefficient (Wildman–Crippen LogP) is 1.43. The van der Waals surface area contributed by atoms with Crippen LogP contribution in [0, 0.1) is 6.92 Å². The van der Waals surface area contributed by atoms with E-state index in [1.807, 2.05) is 25.1 Å². The molecule has 0 unspecified atom stereocenters. The highest BCUT2D eigenvalue weighted by Gasteiger charge is 2.06. The van der Waals surface area contributed by atoms with Crippen molar-refractivity contribution in [2.75, 3.05) is 13.7 Å². The molecule has 0 heterocycles. The van der Waals surface area contributed by atoms with Crippen molar-refractivity contribution in [2.24, 2.45) is 5.73 Å². The minimum Gasteiger partial charge on any atom is -0.496 e. The molecule has 1 rings (SSSR count). The van der Waals surface area contributed by atoms with Gasteiger partial charge in [-0.05, 0) is 37.5 Å². The summed E-state index contributed by atoms with van der Waals surface area (Å²) >= 11 is 0. The molecule has 0 aliphatic heterocycles. The van der Waals surface area contributed by atoms with Crippen molar-refractivity contribution >= 4 is 18.3 Å². The summed E-state index contributed by atoms with van der Waals surface area (Å²) in [7, 11) is 1.66. The third-order valence-corrected chi connectivity index (χ3v) is 2.60. The Morgan fingerprint density at radius 2 is 2.17 bits per heavy atom. The van der Waals surface area contributed by atoms with Crippen LogP contribution in [0.5, 0.6) is 5.75 Å². The molecule has 5 heteroatoms. The molecule has 18 heavy (non-hydrogen) atoms. The molecule has 4 nitrogen and oxygen atoms in total. The predicted molar refractivity (Wildman–Crippen MR) is 75.3 cm³/mol. The van der Waals surface area contributed by atoms with E-state index >= 15 is 0 Å². The Morgan fingerprint density at radius 3 is 2.72 bits per heavy atom. The van der Waals surface area contributed by atoms with Crippen molar-refractivity contribution in [2.45, 2.75) is 26.3 Å². The highest BCUT2D eigenvalue weighted by molar-refractivity contribution is 5.85. The van der Waals surface area contributed by atoms with E-state index in [2.05, 4.69) is 5.32 Å². The highest BCUT2D eigenvalue weighted by atomic mass is 35.5. The second-order valence-electron chi connectivity index (χ2n) is 4.13. The second-order valence-corrected chi connectivity index (χ2v) is 4.13. The monoisotopic (exact) mass is 272 g/mol. The van der Waals surface area contributed by atoms with E-state index in [0.29, 0.717) is 6.54 Å². The van der Waals surface area contributed by atoms with Gasteiger partial charge in [-0.3, -0.25) is 4.79 Å². The lowest BCUT2D eigenvalue weighted by Crippen LogP contribution is -2.39. The van der Waals surface area contributed by atoms with Crippen molar-refractivity contribution < 1.29 is 9.53 Å². The summed E-state index contributed by atoms with van der Waals surface area (Å²) in [6.45, 7) is 4.26. The molecule has 1 aromatic rings. The van der Waals surface area contributed by atoms with Crippen molar-refractivity contribution in [1.82, 2.24) is 5.32 Å². The number of methoxy groups -OCH3 is 1. The molecule has 0 spiro atoms. The van der Waals surface area contributed by atoms with Crippen LogP contribution in [0.3, 0.4) is 0 Å². The zero-order chi connectivity index (χ0) is 12.8. The molecule has 0 fully saturated rings. The van der Waals surface area contributed by atoms with E-state index in [1.54, 1.807) is 14.0 Å². The van der Waals surface area contributed by atoms with E-state index in [0.717, 1.165) is 23.3 Å². The van der Waals surface area contributed by atoms with Crippen LogP contribution >= 0.6 is 12.4 Å². The zero-order valence-corrected chi connectivity index (χ0v) is 11.8. The molecule has 0 bridgehead atoms. The van der Waals surface area contributed by atoms with E-state index < -0.39 is 6.04 Å². The van der Waals surface area contributed by atoms with Gasteiger partial charge in [0.05, 0.1) is 13.2 Å². The van der Waals surface area contributed by atoms with E-state index in [-0.39, 0.29) is 18.3 Å². The lowest BCUT2D eigenvalue weighted by Gasteiger charge is -2.09. The minimum absolute atomic E-state index is 0. The molecule has 0 aromatic heterocycles. The molecule has 0 radical (unpaired) electrons. The molecule has 102 valence electrons. The number of nitrogens with two attached hydrogens (primary N) is 1. The summed E-state index contributed by atoms with van der Waals surface area (Å²) in [6, 6.07) is 5.59. The number of rotatable bonds is 5. The van der Waals surface area contributed by atoms with Crippen LogP contribution in [0.1, 0.15) is 18.1 Å². The molecule has 0 saturated carbocycles. The van der Waals surface area contributed by atoms with Gasteiger partial charge in [-0.1, -0.05) is 12.1 Å². The normalized spacial score (nSPS) is 11.3. The Bertz CT molecular complexity index is 395. The lowest BCUT2D eigenvalue weighted by atomic mass is 10.1. The molecular formula is C13H21ClN2O2. The number of nitrogens with one attached hydrogen (secondary N) is 1. The standard InChI is InChI=1S/C13H20N2O2.ClH/c1-9-4-5-11(8-12(9)17-3)6-7-15-13(16)10(2)14;/h4-5,8,10H,6-7,14H2,1-3H3,(H,15,16);1H/t10-;/m0./s1. The smallest absolute Gasteiger partial charge is 0.236 e. The quantitative estimate of drug-likeness (QED) is 0.852. The number of halogens is 1. The number of ether oxygens (including phenoxy) is 1. The first-order valence-corrected chi connectivity index (χ1v) is 5.71. The molecule has 1 amide bonds.